The van der Waals surface area contributed by atoms with E-state index in [1.54, 1.807) is 25.4 Å². The van der Waals surface area contributed by atoms with Gasteiger partial charge in [-0.1, -0.05) is 30.3 Å². The number of ether oxygens (including phenoxy) is 1. The lowest BCUT2D eigenvalue weighted by Crippen LogP contribution is -2.16. The van der Waals surface area contributed by atoms with Gasteiger partial charge >= 0.3 is 0 Å². The first-order chi connectivity index (χ1) is 13.7. The molecule has 0 atom stereocenters. The van der Waals surface area contributed by atoms with Crippen molar-refractivity contribution in [1.29, 1.82) is 5.26 Å². The summed E-state index contributed by atoms with van der Waals surface area (Å²) in [5.41, 5.74) is 3.13. The van der Waals surface area contributed by atoms with Crippen molar-refractivity contribution in [2.45, 2.75) is 6.54 Å². The normalized spacial score (nSPS) is 10.6. The van der Waals surface area contributed by atoms with Crippen LogP contribution in [0.25, 0.3) is 22.2 Å². The quantitative estimate of drug-likeness (QED) is 0.422. The zero-order valence-corrected chi connectivity index (χ0v) is 15.2. The van der Waals surface area contributed by atoms with Gasteiger partial charge in [0.2, 0.25) is 0 Å². The Morgan fingerprint density at radius 3 is 2.71 bits per heavy atom. The zero-order valence-electron chi connectivity index (χ0n) is 15.2. The maximum absolute atomic E-state index is 11.8. The molecule has 0 radical (unpaired) electrons. The molecule has 0 aliphatic carbocycles. The van der Waals surface area contributed by atoms with Crippen LogP contribution in [0, 0.1) is 11.5 Å². The van der Waals surface area contributed by atoms with E-state index in [2.05, 4.69) is 28.1 Å². The van der Waals surface area contributed by atoms with Crippen molar-refractivity contribution in [2.75, 3.05) is 7.11 Å². The number of carbonyl (C=O) groups is 1. The minimum absolute atomic E-state index is 0.107. The number of benzene rings is 2. The Labute approximate surface area is 161 Å². The van der Waals surface area contributed by atoms with Crippen molar-refractivity contribution in [3.8, 4) is 23.2 Å². The van der Waals surface area contributed by atoms with Gasteiger partial charge in [0.05, 0.1) is 13.7 Å². The van der Waals surface area contributed by atoms with Gasteiger partial charge in [-0.15, -0.1) is 0 Å². The summed E-state index contributed by atoms with van der Waals surface area (Å²) in [6, 6.07) is 21.4. The average molecular weight is 371 g/mol. The summed E-state index contributed by atoms with van der Waals surface area (Å²) in [5.74, 6) is 0.960. The van der Waals surface area contributed by atoms with Crippen LogP contribution in [0.2, 0.25) is 0 Å². The first-order valence-electron chi connectivity index (χ1n) is 8.70. The van der Waals surface area contributed by atoms with E-state index in [4.69, 9.17) is 14.4 Å². The highest BCUT2D eigenvalue weighted by molar-refractivity contribution is 5.92. The number of nitriles is 1. The van der Waals surface area contributed by atoms with Crippen molar-refractivity contribution in [1.82, 2.24) is 9.88 Å². The van der Waals surface area contributed by atoms with Gasteiger partial charge in [0.1, 0.15) is 11.5 Å². The van der Waals surface area contributed by atoms with E-state index in [9.17, 15) is 4.79 Å². The van der Waals surface area contributed by atoms with Gasteiger partial charge in [0.25, 0.3) is 5.91 Å². The molecule has 2 aromatic carbocycles. The van der Waals surface area contributed by atoms with Gasteiger partial charge in [0.15, 0.2) is 12.0 Å². The Balaban J connectivity index is 1.79. The Kier molecular flexibility index (Phi) is 4.56. The molecule has 0 unspecified atom stereocenters. The molecule has 0 fully saturated rings. The molecule has 1 N–H and O–H groups in total. The first-order valence-corrected chi connectivity index (χ1v) is 8.70. The van der Waals surface area contributed by atoms with Gasteiger partial charge in [-0.25, -0.2) is 0 Å². The molecule has 0 saturated heterocycles. The summed E-state index contributed by atoms with van der Waals surface area (Å²) in [5, 5.41) is 11.7. The van der Waals surface area contributed by atoms with Crippen molar-refractivity contribution in [3.05, 3.63) is 78.3 Å². The lowest BCUT2D eigenvalue weighted by Gasteiger charge is -2.10. The van der Waals surface area contributed by atoms with Crippen molar-refractivity contribution < 1.29 is 13.9 Å². The van der Waals surface area contributed by atoms with E-state index in [0.717, 1.165) is 27.9 Å². The van der Waals surface area contributed by atoms with Crippen LogP contribution in [-0.2, 0) is 6.54 Å². The zero-order chi connectivity index (χ0) is 19.5. The van der Waals surface area contributed by atoms with Gasteiger partial charge in [-0.3, -0.25) is 10.1 Å². The molecule has 4 aromatic rings. The molecule has 28 heavy (non-hydrogen) atoms. The number of methoxy groups -OCH3 is 1. The fourth-order valence-corrected chi connectivity index (χ4v) is 3.25. The van der Waals surface area contributed by atoms with Crippen LogP contribution < -0.4 is 10.1 Å². The summed E-state index contributed by atoms with van der Waals surface area (Å²) < 4.78 is 13.1. The highest BCUT2D eigenvalue weighted by Gasteiger charge is 2.15. The summed E-state index contributed by atoms with van der Waals surface area (Å²) in [4.78, 5) is 11.8. The number of hydrogen-bond donors (Lipinski definition) is 1. The van der Waals surface area contributed by atoms with Gasteiger partial charge in [-0.05, 0) is 42.0 Å². The minimum Gasteiger partial charge on any atom is -0.497 e. The van der Waals surface area contributed by atoms with E-state index < -0.39 is 5.91 Å². The second-order valence-corrected chi connectivity index (χ2v) is 6.24. The second-order valence-electron chi connectivity index (χ2n) is 6.24. The second kappa shape index (κ2) is 7.33. The third-order valence-electron chi connectivity index (χ3n) is 4.55. The van der Waals surface area contributed by atoms with E-state index >= 15 is 0 Å². The van der Waals surface area contributed by atoms with Crippen LogP contribution >= 0.6 is 0 Å². The number of nitrogens with one attached hydrogen (secondary N) is 1. The highest BCUT2D eigenvalue weighted by Crippen LogP contribution is 2.31. The lowest BCUT2D eigenvalue weighted by molar-refractivity contribution is 0.0944. The molecular weight excluding hydrogens is 354 g/mol. The van der Waals surface area contributed by atoms with Gasteiger partial charge < -0.3 is 13.7 Å². The van der Waals surface area contributed by atoms with Gasteiger partial charge in [0, 0.05) is 16.6 Å². The third-order valence-corrected chi connectivity index (χ3v) is 4.55. The van der Waals surface area contributed by atoms with Crippen LogP contribution in [0.4, 0.5) is 0 Å². The molecular formula is C22H17N3O3. The molecule has 6 heteroatoms. The largest absolute Gasteiger partial charge is 0.497 e. The lowest BCUT2D eigenvalue weighted by atomic mass is 10.1. The molecule has 0 saturated carbocycles. The fraction of sp³-hybridized carbons (Fsp3) is 0.0909. The van der Waals surface area contributed by atoms with E-state index in [1.165, 1.54) is 0 Å². The predicted octanol–water partition coefficient (Wildman–Crippen LogP) is 4.17. The number of rotatable bonds is 5. The molecule has 0 aliphatic rings. The highest BCUT2D eigenvalue weighted by atomic mass is 16.5. The monoisotopic (exact) mass is 371 g/mol. The minimum atomic E-state index is -0.556. The first kappa shape index (κ1) is 17.4. The Morgan fingerprint density at radius 2 is 1.96 bits per heavy atom. The van der Waals surface area contributed by atoms with E-state index in [1.807, 2.05) is 36.4 Å². The maximum Gasteiger partial charge on any atom is 0.299 e. The van der Waals surface area contributed by atoms with Crippen molar-refractivity contribution in [2.24, 2.45) is 0 Å². The fourth-order valence-electron chi connectivity index (χ4n) is 3.25. The number of nitrogens with zero attached hydrogens (tertiary/aromatic N) is 2. The van der Waals surface area contributed by atoms with Crippen molar-refractivity contribution in [3.63, 3.8) is 0 Å². The summed E-state index contributed by atoms with van der Waals surface area (Å²) in [6.07, 6.45) is 1.61. The third kappa shape index (κ3) is 3.21. The molecule has 0 bridgehead atoms. The number of fused-ring (bicyclic) bond motifs is 1. The van der Waals surface area contributed by atoms with E-state index in [-0.39, 0.29) is 5.76 Å². The van der Waals surface area contributed by atoms with Crippen LogP contribution in [0.15, 0.2) is 71.1 Å². The Hall–Kier alpha value is -3.98. The van der Waals surface area contributed by atoms with Crippen molar-refractivity contribution >= 4 is 16.8 Å². The smallest absolute Gasteiger partial charge is 0.299 e. The maximum atomic E-state index is 11.8. The van der Waals surface area contributed by atoms with Crippen LogP contribution in [0.1, 0.15) is 16.3 Å². The number of hydrogen-bond acceptors (Lipinski definition) is 4. The molecule has 138 valence electrons. The van der Waals surface area contributed by atoms with Crippen LogP contribution in [0.3, 0.4) is 0 Å². The summed E-state index contributed by atoms with van der Waals surface area (Å²) in [7, 11) is 1.65. The van der Waals surface area contributed by atoms with Crippen LogP contribution in [0.5, 0.6) is 5.75 Å². The summed E-state index contributed by atoms with van der Waals surface area (Å²) >= 11 is 0. The molecule has 1 amide bonds. The molecule has 0 aliphatic heterocycles. The number of carbonyl (C=O) groups excluding carboxylic acids is 1. The average Bonchev–Trinajstić information content (AvgIpc) is 3.34. The van der Waals surface area contributed by atoms with E-state index in [0.29, 0.717) is 12.3 Å². The molecule has 2 aromatic heterocycles. The molecule has 2 heterocycles. The standard InChI is InChI=1S/C22H17N3O3/c1-27-17-7-9-19-16(11-17)12-20(15-5-3-2-4-6-15)25(19)13-18-8-10-21(28-18)22(26)24-14-23/h2-12H,13H2,1H3,(H,24,26). The number of aromatic nitrogens is 1. The topological polar surface area (TPSA) is 80.2 Å². The SMILES string of the molecule is COc1ccc2c(c1)cc(-c1ccccc1)n2Cc1ccc(C(=O)NC#N)o1. The van der Waals surface area contributed by atoms with Gasteiger partial charge in [-0.2, -0.15) is 5.26 Å². The molecule has 4 rings (SSSR count). The van der Waals surface area contributed by atoms with Crippen LogP contribution in [-0.4, -0.2) is 17.6 Å². The Bertz CT molecular complexity index is 1180. The number of amides is 1. The molecule has 0 spiro atoms. The molecule has 6 nitrogen and oxygen atoms in total. The number of furan rings is 1. The summed E-state index contributed by atoms with van der Waals surface area (Å²) in [6.45, 7) is 0.444. The predicted molar refractivity (Wildman–Crippen MR) is 105 cm³/mol. The Morgan fingerprint density at radius 1 is 1.14 bits per heavy atom.